The Hall–Kier alpha value is -0.710. The standard InChI is InChI=1S/C11H14Cl2N2O2/c1-6-4-15(5-7(2)17-6)11(16)9-3-8(12)10(13)14-9/h3,6-7,14H,4-5H2,1-2H3. The topological polar surface area (TPSA) is 45.3 Å². The molecule has 2 heterocycles. The van der Waals surface area contributed by atoms with Gasteiger partial charge in [0.2, 0.25) is 0 Å². The maximum atomic E-state index is 12.2. The predicted molar refractivity (Wildman–Crippen MR) is 66.7 cm³/mol. The van der Waals surface area contributed by atoms with Gasteiger partial charge in [-0.15, -0.1) is 0 Å². The van der Waals surface area contributed by atoms with Crippen LogP contribution in [0, 0.1) is 0 Å². The quantitative estimate of drug-likeness (QED) is 0.857. The summed E-state index contributed by atoms with van der Waals surface area (Å²) in [6.07, 6.45) is 0.0900. The monoisotopic (exact) mass is 276 g/mol. The summed E-state index contributed by atoms with van der Waals surface area (Å²) in [6.45, 7) is 5.06. The number of ether oxygens (including phenoxy) is 1. The molecule has 0 bridgehead atoms. The molecule has 1 saturated heterocycles. The van der Waals surface area contributed by atoms with Gasteiger partial charge in [-0.3, -0.25) is 4.79 Å². The number of hydrogen-bond donors (Lipinski definition) is 1. The van der Waals surface area contributed by atoms with Gasteiger partial charge in [0.05, 0.1) is 17.2 Å². The summed E-state index contributed by atoms with van der Waals surface area (Å²) in [5.41, 5.74) is 0.418. The van der Waals surface area contributed by atoms with Crippen LogP contribution in [0.15, 0.2) is 6.07 Å². The summed E-state index contributed by atoms with van der Waals surface area (Å²) in [6, 6.07) is 1.55. The van der Waals surface area contributed by atoms with E-state index >= 15 is 0 Å². The van der Waals surface area contributed by atoms with E-state index in [9.17, 15) is 4.79 Å². The largest absolute Gasteiger partial charge is 0.372 e. The summed E-state index contributed by atoms with van der Waals surface area (Å²) >= 11 is 11.6. The smallest absolute Gasteiger partial charge is 0.270 e. The Morgan fingerprint density at radius 1 is 1.41 bits per heavy atom. The van der Waals surface area contributed by atoms with Crippen LogP contribution in [0.5, 0.6) is 0 Å². The molecule has 0 saturated carbocycles. The van der Waals surface area contributed by atoms with Crippen molar-refractivity contribution in [1.29, 1.82) is 0 Å². The average Bonchev–Trinajstić information content (AvgIpc) is 2.57. The zero-order valence-corrected chi connectivity index (χ0v) is 11.2. The van der Waals surface area contributed by atoms with Crippen molar-refractivity contribution in [2.75, 3.05) is 13.1 Å². The van der Waals surface area contributed by atoms with E-state index in [2.05, 4.69) is 4.98 Å². The van der Waals surface area contributed by atoms with Crippen LogP contribution in [0.25, 0.3) is 0 Å². The minimum atomic E-state index is -0.0965. The van der Waals surface area contributed by atoms with E-state index in [1.807, 2.05) is 13.8 Å². The first-order valence-corrected chi connectivity index (χ1v) is 6.21. The third-order valence-electron chi connectivity index (χ3n) is 2.66. The van der Waals surface area contributed by atoms with Crippen LogP contribution >= 0.6 is 23.2 Å². The highest BCUT2D eigenvalue weighted by Crippen LogP contribution is 2.23. The van der Waals surface area contributed by atoms with Crippen LogP contribution in [0.4, 0.5) is 0 Å². The van der Waals surface area contributed by atoms with Crippen LogP contribution in [-0.4, -0.2) is 41.1 Å². The second-order valence-corrected chi connectivity index (χ2v) is 5.10. The number of nitrogens with zero attached hydrogens (tertiary/aromatic N) is 1. The normalized spacial score (nSPS) is 25.1. The molecule has 0 spiro atoms. The molecular formula is C11H14Cl2N2O2. The Bertz CT molecular complexity index is 404. The van der Waals surface area contributed by atoms with Crippen molar-refractivity contribution in [2.45, 2.75) is 26.1 Å². The van der Waals surface area contributed by atoms with Crippen LogP contribution in [0.2, 0.25) is 10.2 Å². The van der Waals surface area contributed by atoms with Crippen LogP contribution in [-0.2, 0) is 4.74 Å². The highest BCUT2D eigenvalue weighted by molar-refractivity contribution is 6.41. The van der Waals surface area contributed by atoms with Crippen molar-refractivity contribution in [3.63, 3.8) is 0 Å². The summed E-state index contributed by atoms with van der Waals surface area (Å²) in [5.74, 6) is -0.0965. The molecule has 1 N–H and O–H groups in total. The molecule has 6 heteroatoms. The lowest BCUT2D eigenvalue weighted by Crippen LogP contribution is -2.48. The highest BCUT2D eigenvalue weighted by atomic mass is 35.5. The summed E-state index contributed by atoms with van der Waals surface area (Å²) < 4.78 is 5.58. The molecule has 1 aliphatic rings. The van der Waals surface area contributed by atoms with Gasteiger partial charge in [-0.05, 0) is 19.9 Å². The van der Waals surface area contributed by atoms with Crippen LogP contribution < -0.4 is 0 Å². The summed E-state index contributed by atoms with van der Waals surface area (Å²) in [7, 11) is 0. The third kappa shape index (κ3) is 2.76. The van der Waals surface area contributed by atoms with Gasteiger partial charge < -0.3 is 14.6 Å². The average molecular weight is 277 g/mol. The Labute approximate surface area is 110 Å². The second-order valence-electron chi connectivity index (χ2n) is 4.31. The molecule has 17 heavy (non-hydrogen) atoms. The van der Waals surface area contributed by atoms with Crippen molar-refractivity contribution in [3.8, 4) is 0 Å². The maximum Gasteiger partial charge on any atom is 0.270 e. The second kappa shape index (κ2) is 4.88. The summed E-state index contributed by atoms with van der Waals surface area (Å²) in [5, 5.41) is 0.661. The van der Waals surface area contributed by atoms with Gasteiger partial charge in [-0.2, -0.15) is 0 Å². The number of morpholine rings is 1. The minimum absolute atomic E-state index is 0.0450. The number of aromatic amines is 1. The Kier molecular flexibility index (Phi) is 3.66. The van der Waals surface area contributed by atoms with Gasteiger partial charge in [-0.1, -0.05) is 23.2 Å². The fourth-order valence-electron chi connectivity index (χ4n) is 2.03. The third-order valence-corrected chi connectivity index (χ3v) is 3.36. The number of amides is 1. The predicted octanol–water partition coefficient (Wildman–Crippen LogP) is 2.57. The number of carbonyl (C=O) groups is 1. The van der Waals surface area contributed by atoms with E-state index in [-0.39, 0.29) is 18.1 Å². The molecule has 1 fully saturated rings. The lowest BCUT2D eigenvalue weighted by Gasteiger charge is -2.35. The molecule has 0 radical (unpaired) electrons. The maximum absolute atomic E-state index is 12.2. The first-order valence-electron chi connectivity index (χ1n) is 5.46. The van der Waals surface area contributed by atoms with E-state index < -0.39 is 0 Å². The zero-order valence-electron chi connectivity index (χ0n) is 9.67. The number of H-pyrrole nitrogens is 1. The molecule has 1 aromatic heterocycles. The van der Waals surface area contributed by atoms with E-state index in [1.165, 1.54) is 0 Å². The lowest BCUT2D eigenvalue weighted by molar-refractivity contribution is -0.0587. The van der Waals surface area contributed by atoms with E-state index in [4.69, 9.17) is 27.9 Å². The fraction of sp³-hybridized carbons (Fsp3) is 0.545. The Balaban J connectivity index is 2.14. The van der Waals surface area contributed by atoms with Crippen molar-refractivity contribution < 1.29 is 9.53 Å². The SMILES string of the molecule is CC1CN(C(=O)c2cc(Cl)c(Cl)[nH]2)CC(C)O1. The highest BCUT2D eigenvalue weighted by Gasteiger charge is 2.27. The molecule has 2 atom stereocenters. The van der Waals surface area contributed by atoms with E-state index in [0.717, 1.165) is 0 Å². The number of rotatable bonds is 1. The van der Waals surface area contributed by atoms with Gasteiger partial charge in [0.1, 0.15) is 10.8 Å². The first kappa shape index (κ1) is 12.7. The number of halogens is 2. The molecule has 1 aliphatic heterocycles. The zero-order chi connectivity index (χ0) is 12.6. The van der Waals surface area contributed by atoms with Crippen molar-refractivity contribution in [1.82, 2.24) is 9.88 Å². The molecule has 4 nitrogen and oxygen atoms in total. The van der Waals surface area contributed by atoms with Gasteiger partial charge >= 0.3 is 0 Å². The molecule has 1 aromatic rings. The molecule has 2 rings (SSSR count). The van der Waals surface area contributed by atoms with Crippen molar-refractivity contribution in [3.05, 3.63) is 21.9 Å². The Morgan fingerprint density at radius 2 is 2.00 bits per heavy atom. The number of nitrogens with one attached hydrogen (secondary N) is 1. The molecule has 0 aromatic carbocycles. The fourth-order valence-corrected chi connectivity index (χ4v) is 2.35. The van der Waals surface area contributed by atoms with Crippen LogP contribution in [0.3, 0.4) is 0 Å². The molecule has 0 aliphatic carbocycles. The van der Waals surface area contributed by atoms with Gasteiger partial charge in [0.25, 0.3) is 5.91 Å². The Morgan fingerprint density at radius 3 is 2.47 bits per heavy atom. The van der Waals surface area contributed by atoms with Gasteiger partial charge in [-0.25, -0.2) is 0 Å². The van der Waals surface area contributed by atoms with Gasteiger partial charge in [0.15, 0.2) is 0 Å². The number of hydrogen-bond acceptors (Lipinski definition) is 2. The van der Waals surface area contributed by atoms with Crippen molar-refractivity contribution in [2.24, 2.45) is 0 Å². The molecule has 94 valence electrons. The van der Waals surface area contributed by atoms with E-state index in [0.29, 0.717) is 29.0 Å². The van der Waals surface area contributed by atoms with Crippen LogP contribution in [0.1, 0.15) is 24.3 Å². The van der Waals surface area contributed by atoms with Crippen molar-refractivity contribution >= 4 is 29.1 Å². The van der Waals surface area contributed by atoms with E-state index in [1.54, 1.807) is 11.0 Å². The minimum Gasteiger partial charge on any atom is -0.372 e. The molecular weight excluding hydrogens is 263 g/mol. The summed E-state index contributed by atoms with van der Waals surface area (Å²) in [4.78, 5) is 16.7. The molecule has 1 amide bonds. The number of aromatic nitrogens is 1. The first-order chi connectivity index (χ1) is 7.97. The van der Waals surface area contributed by atoms with Gasteiger partial charge in [0, 0.05) is 13.1 Å². The number of carbonyl (C=O) groups excluding carboxylic acids is 1. The lowest BCUT2D eigenvalue weighted by atomic mass is 10.2. The molecule has 2 unspecified atom stereocenters.